The van der Waals surface area contributed by atoms with Crippen LogP contribution in [-0.4, -0.2) is 31.2 Å². The molecule has 3 heteroatoms. The molecule has 2 rings (SSSR count). The summed E-state index contributed by atoms with van der Waals surface area (Å²) in [5.74, 6) is 0.911. The van der Waals surface area contributed by atoms with Crippen LogP contribution in [0.3, 0.4) is 0 Å². The normalized spacial score (nSPS) is 18.6. The number of nitrogens with zero attached hydrogens (tertiary/aromatic N) is 1. The Kier molecular flexibility index (Phi) is 2.89. The Morgan fingerprint density at radius 2 is 2.21 bits per heavy atom. The zero-order valence-electron chi connectivity index (χ0n) is 8.40. The van der Waals surface area contributed by atoms with Crippen molar-refractivity contribution < 1.29 is 9.15 Å². The molecule has 1 aromatic heterocycles. The highest BCUT2D eigenvalue weighted by Crippen LogP contribution is 2.12. The van der Waals surface area contributed by atoms with Gasteiger partial charge in [0.1, 0.15) is 5.76 Å². The van der Waals surface area contributed by atoms with Gasteiger partial charge in [-0.1, -0.05) is 0 Å². The first-order valence-electron chi connectivity index (χ1n) is 4.91. The molecular weight excluding hydrogens is 178 g/mol. The van der Waals surface area contributed by atoms with Gasteiger partial charge in [-0.2, -0.15) is 0 Å². The predicted molar refractivity (Wildman–Crippen MR) is 54.8 cm³/mol. The Balaban J connectivity index is 2.02. The second kappa shape index (κ2) is 4.33. The SMILES string of the molecule is C/C(=C\c1ccco1)N1CCOCC1. The number of furan rings is 1. The Morgan fingerprint density at radius 1 is 1.43 bits per heavy atom. The van der Waals surface area contributed by atoms with Crippen molar-refractivity contribution in [1.29, 1.82) is 0 Å². The summed E-state index contributed by atoms with van der Waals surface area (Å²) in [7, 11) is 0. The molecule has 0 N–H and O–H groups in total. The molecule has 1 fully saturated rings. The summed E-state index contributed by atoms with van der Waals surface area (Å²) in [6.45, 7) is 5.70. The van der Waals surface area contributed by atoms with Gasteiger partial charge in [-0.05, 0) is 25.1 Å². The van der Waals surface area contributed by atoms with Gasteiger partial charge in [-0.25, -0.2) is 0 Å². The number of hydrogen-bond donors (Lipinski definition) is 0. The van der Waals surface area contributed by atoms with Gasteiger partial charge >= 0.3 is 0 Å². The second-order valence-corrected chi connectivity index (χ2v) is 3.40. The highest BCUT2D eigenvalue weighted by atomic mass is 16.5. The smallest absolute Gasteiger partial charge is 0.128 e. The lowest BCUT2D eigenvalue weighted by atomic mass is 10.3. The molecule has 0 radical (unpaired) electrons. The molecule has 1 aliphatic rings. The zero-order chi connectivity index (χ0) is 9.80. The topological polar surface area (TPSA) is 25.6 Å². The molecule has 0 bridgehead atoms. The maximum absolute atomic E-state index is 5.29. The number of rotatable bonds is 2. The predicted octanol–water partition coefficient (Wildman–Crippen LogP) is 1.97. The van der Waals surface area contributed by atoms with Crippen LogP contribution in [0.1, 0.15) is 12.7 Å². The molecule has 0 unspecified atom stereocenters. The first kappa shape index (κ1) is 9.34. The fourth-order valence-electron chi connectivity index (χ4n) is 1.59. The third kappa shape index (κ3) is 2.17. The summed E-state index contributed by atoms with van der Waals surface area (Å²) >= 11 is 0. The molecule has 1 aromatic rings. The maximum atomic E-state index is 5.29. The molecule has 14 heavy (non-hydrogen) atoms. The van der Waals surface area contributed by atoms with Gasteiger partial charge in [0, 0.05) is 18.8 Å². The highest BCUT2D eigenvalue weighted by molar-refractivity contribution is 5.45. The molecule has 0 spiro atoms. The quantitative estimate of drug-likeness (QED) is 0.718. The molecule has 1 aliphatic heterocycles. The van der Waals surface area contributed by atoms with Gasteiger partial charge in [-0.3, -0.25) is 0 Å². The van der Waals surface area contributed by atoms with E-state index in [1.165, 1.54) is 5.70 Å². The largest absolute Gasteiger partial charge is 0.465 e. The van der Waals surface area contributed by atoms with Crippen LogP contribution in [0, 0.1) is 0 Å². The van der Waals surface area contributed by atoms with E-state index in [0.29, 0.717) is 0 Å². The molecule has 0 aromatic carbocycles. The van der Waals surface area contributed by atoms with Crippen molar-refractivity contribution in [3.05, 3.63) is 29.9 Å². The summed E-state index contributed by atoms with van der Waals surface area (Å²) in [6.07, 6.45) is 3.75. The number of allylic oxidation sites excluding steroid dienone is 1. The van der Waals surface area contributed by atoms with Crippen LogP contribution in [0.5, 0.6) is 0 Å². The van der Waals surface area contributed by atoms with Crippen LogP contribution in [0.25, 0.3) is 6.08 Å². The molecule has 3 nitrogen and oxygen atoms in total. The lowest BCUT2D eigenvalue weighted by Crippen LogP contribution is -2.34. The molecule has 0 atom stereocenters. The Bertz CT molecular complexity index is 297. The van der Waals surface area contributed by atoms with E-state index < -0.39 is 0 Å². The van der Waals surface area contributed by atoms with E-state index in [0.717, 1.165) is 32.1 Å². The summed E-state index contributed by atoms with van der Waals surface area (Å²) in [5.41, 5.74) is 1.24. The van der Waals surface area contributed by atoms with E-state index in [4.69, 9.17) is 9.15 Å². The van der Waals surface area contributed by atoms with E-state index in [1.54, 1.807) is 6.26 Å². The summed E-state index contributed by atoms with van der Waals surface area (Å²) in [4.78, 5) is 2.31. The second-order valence-electron chi connectivity index (χ2n) is 3.40. The molecule has 76 valence electrons. The van der Waals surface area contributed by atoms with Gasteiger partial charge in [0.15, 0.2) is 0 Å². The Morgan fingerprint density at radius 3 is 2.86 bits per heavy atom. The number of hydrogen-bond acceptors (Lipinski definition) is 3. The zero-order valence-corrected chi connectivity index (χ0v) is 8.40. The third-order valence-electron chi connectivity index (χ3n) is 2.40. The minimum absolute atomic E-state index is 0.823. The fourth-order valence-corrected chi connectivity index (χ4v) is 1.59. The monoisotopic (exact) mass is 193 g/mol. The van der Waals surface area contributed by atoms with Crippen molar-refractivity contribution in [2.75, 3.05) is 26.3 Å². The van der Waals surface area contributed by atoms with Crippen LogP contribution in [0.15, 0.2) is 28.5 Å². The summed E-state index contributed by atoms with van der Waals surface area (Å²) < 4.78 is 10.6. The van der Waals surface area contributed by atoms with Crippen LogP contribution in [-0.2, 0) is 4.74 Å². The minimum Gasteiger partial charge on any atom is -0.465 e. The van der Waals surface area contributed by atoms with Crippen LogP contribution in [0.2, 0.25) is 0 Å². The van der Waals surface area contributed by atoms with Crippen LogP contribution < -0.4 is 0 Å². The van der Waals surface area contributed by atoms with Crippen molar-refractivity contribution in [2.45, 2.75) is 6.92 Å². The van der Waals surface area contributed by atoms with Gasteiger partial charge in [0.05, 0.1) is 19.5 Å². The number of ether oxygens (including phenoxy) is 1. The average molecular weight is 193 g/mol. The summed E-state index contributed by atoms with van der Waals surface area (Å²) in [5, 5.41) is 0. The molecule has 0 aliphatic carbocycles. The Labute approximate surface area is 84.0 Å². The number of morpholine rings is 1. The van der Waals surface area contributed by atoms with Crippen molar-refractivity contribution in [2.24, 2.45) is 0 Å². The Hall–Kier alpha value is -1.22. The van der Waals surface area contributed by atoms with Crippen molar-refractivity contribution in [1.82, 2.24) is 4.90 Å². The first-order valence-corrected chi connectivity index (χ1v) is 4.91. The summed E-state index contributed by atoms with van der Waals surface area (Å²) in [6, 6.07) is 3.86. The average Bonchev–Trinajstić information content (AvgIpc) is 2.72. The van der Waals surface area contributed by atoms with Crippen molar-refractivity contribution in [3.8, 4) is 0 Å². The maximum Gasteiger partial charge on any atom is 0.128 e. The first-order chi connectivity index (χ1) is 6.86. The van der Waals surface area contributed by atoms with Crippen LogP contribution in [0.4, 0.5) is 0 Å². The molecule has 0 amide bonds. The molecule has 0 saturated carbocycles. The third-order valence-corrected chi connectivity index (χ3v) is 2.40. The molecule has 2 heterocycles. The van der Waals surface area contributed by atoms with Crippen LogP contribution >= 0.6 is 0 Å². The van der Waals surface area contributed by atoms with E-state index in [1.807, 2.05) is 12.1 Å². The van der Waals surface area contributed by atoms with E-state index >= 15 is 0 Å². The van der Waals surface area contributed by atoms with Gasteiger partial charge < -0.3 is 14.1 Å². The van der Waals surface area contributed by atoms with E-state index in [9.17, 15) is 0 Å². The molecular formula is C11H15NO2. The lowest BCUT2D eigenvalue weighted by Gasteiger charge is -2.29. The molecule has 1 saturated heterocycles. The van der Waals surface area contributed by atoms with Crippen molar-refractivity contribution in [3.63, 3.8) is 0 Å². The van der Waals surface area contributed by atoms with Crippen molar-refractivity contribution >= 4 is 6.08 Å². The van der Waals surface area contributed by atoms with Gasteiger partial charge in [0.2, 0.25) is 0 Å². The van der Waals surface area contributed by atoms with E-state index in [2.05, 4.69) is 17.9 Å². The van der Waals surface area contributed by atoms with Gasteiger partial charge in [0.25, 0.3) is 0 Å². The lowest BCUT2D eigenvalue weighted by molar-refractivity contribution is 0.0542. The van der Waals surface area contributed by atoms with Gasteiger partial charge in [-0.15, -0.1) is 0 Å². The standard InChI is InChI=1S/C11H15NO2/c1-10(9-11-3-2-6-14-11)12-4-7-13-8-5-12/h2-3,6,9H,4-5,7-8H2,1H3/b10-9+. The highest BCUT2D eigenvalue weighted by Gasteiger charge is 2.10. The van der Waals surface area contributed by atoms with E-state index in [-0.39, 0.29) is 0 Å². The fraction of sp³-hybridized carbons (Fsp3) is 0.455. The minimum atomic E-state index is 0.823.